The van der Waals surface area contributed by atoms with Crippen molar-refractivity contribution in [2.24, 2.45) is 5.84 Å². The van der Waals surface area contributed by atoms with Crippen molar-refractivity contribution in [3.8, 4) is 0 Å². The molecular weight excluding hydrogens is 228 g/mol. The van der Waals surface area contributed by atoms with E-state index in [0.29, 0.717) is 16.8 Å². The molecule has 0 saturated carbocycles. The van der Waals surface area contributed by atoms with Crippen LogP contribution in [0.1, 0.15) is 6.92 Å². The second-order valence-electron chi connectivity index (χ2n) is 3.36. The minimum absolute atomic E-state index is 0.343. The van der Waals surface area contributed by atoms with Gasteiger partial charge in [-0.15, -0.1) is 0 Å². The zero-order valence-electron chi connectivity index (χ0n) is 9.50. The van der Waals surface area contributed by atoms with Crippen molar-refractivity contribution in [2.45, 2.75) is 6.92 Å². The zero-order chi connectivity index (χ0) is 12.0. The molecule has 0 unspecified atom stereocenters. The van der Waals surface area contributed by atoms with E-state index in [0.717, 1.165) is 19.6 Å². The smallest absolute Gasteiger partial charge is 0.239 e. The van der Waals surface area contributed by atoms with E-state index in [1.54, 1.807) is 0 Å². The number of anilines is 2. The molecule has 1 aromatic heterocycles. The molecule has 0 saturated heterocycles. The van der Waals surface area contributed by atoms with Crippen molar-refractivity contribution in [3.63, 3.8) is 0 Å². The number of rotatable bonds is 6. The number of nitrogens with zero attached hydrogens (tertiary/aromatic N) is 3. The number of hydrazine groups is 1. The van der Waals surface area contributed by atoms with Crippen LogP contribution in [0.15, 0.2) is 6.20 Å². The summed E-state index contributed by atoms with van der Waals surface area (Å²) in [5.41, 5.74) is 2.37. The van der Waals surface area contributed by atoms with E-state index < -0.39 is 0 Å². The lowest BCUT2D eigenvalue weighted by molar-refractivity contribution is 0.367. The maximum Gasteiger partial charge on any atom is 0.239 e. The Labute approximate surface area is 100 Å². The molecule has 1 rings (SSSR count). The molecule has 0 spiro atoms. The highest BCUT2D eigenvalue weighted by Gasteiger charge is 2.04. The maximum atomic E-state index is 5.93. The van der Waals surface area contributed by atoms with Crippen molar-refractivity contribution in [1.29, 1.82) is 0 Å². The van der Waals surface area contributed by atoms with E-state index in [-0.39, 0.29) is 0 Å². The van der Waals surface area contributed by atoms with Gasteiger partial charge in [0.05, 0.1) is 6.20 Å². The second kappa shape index (κ2) is 6.47. The lowest BCUT2D eigenvalue weighted by atomic mass is 10.5. The Morgan fingerprint density at radius 2 is 2.31 bits per heavy atom. The van der Waals surface area contributed by atoms with Crippen LogP contribution in [0.4, 0.5) is 11.8 Å². The molecule has 0 bridgehead atoms. The summed E-state index contributed by atoms with van der Waals surface area (Å²) in [6.07, 6.45) is 1.51. The van der Waals surface area contributed by atoms with Gasteiger partial charge in [0.25, 0.3) is 0 Å². The van der Waals surface area contributed by atoms with Gasteiger partial charge in [0.1, 0.15) is 5.02 Å². The number of hydrogen-bond acceptors (Lipinski definition) is 6. The van der Waals surface area contributed by atoms with Crippen LogP contribution in [-0.4, -0.2) is 41.5 Å². The average molecular weight is 245 g/mol. The van der Waals surface area contributed by atoms with Crippen LogP contribution in [0.3, 0.4) is 0 Å². The third-order valence-electron chi connectivity index (χ3n) is 2.20. The van der Waals surface area contributed by atoms with Gasteiger partial charge < -0.3 is 10.2 Å². The molecule has 0 atom stereocenters. The molecule has 0 amide bonds. The van der Waals surface area contributed by atoms with Crippen LogP contribution in [0, 0.1) is 0 Å². The number of aromatic nitrogens is 2. The van der Waals surface area contributed by atoms with Crippen molar-refractivity contribution in [1.82, 2.24) is 14.9 Å². The van der Waals surface area contributed by atoms with Crippen LogP contribution in [-0.2, 0) is 0 Å². The first kappa shape index (κ1) is 13.0. The summed E-state index contributed by atoms with van der Waals surface area (Å²) in [7, 11) is 2.05. The molecule has 1 heterocycles. The Morgan fingerprint density at radius 1 is 1.56 bits per heavy atom. The second-order valence-corrected chi connectivity index (χ2v) is 3.76. The SMILES string of the molecule is CCN(C)CCNc1nc(NN)ncc1Cl. The topological polar surface area (TPSA) is 79.1 Å². The molecule has 0 aromatic carbocycles. The predicted octanol–water partition coefficient (Wildman–Crippen LogP) is 0.779. The van der Waals surface area contributed by atoms with Crippen LogP contribution < -0.4 is 16.6 Å². The number of likely N-dealkylation sites (N-methyl/N-ethyl adjacent to an activating group) is 1. The molecule has 0 aliphatic carbocycles. The number of halogens is 1. The van der Waals surface area contributed by atoms with Crippen molar-refractivity contribution in [3.05, 3.63) is 11.2 Å². The Bertz CT molecular complexity index is 332. The van der Waals surface area contributed by atoms with Gasteiger partial charge in [-0.2, -0.15) is 4.98 Å². The fourth-order valence-electron chi connectivity index (χ4n) is 1.08. The van der Waals surface area contributed by atoms with E-state index in [4.69, 9.17) is 17.4 Å². The summed E-state index contributed by atoms with van der Waals surface area (Å²) < 4.78 is 0. The lowest BCUT2D eigenvalue weighted by Gasteiger charge is -2.14. The van der Waals surface area contributed by atoms with Crippen molar-refractivity contribution in [2.75, 3.05) is 37.4 Å². The molecule has 90 valence electrons. The summed E-state index contributed by atoms with van der Waals surface area (Å²) in [4.78, 5) is 10.2. The molecule has 0 aliphatic heterocycles. The highest BCUT2D eigenvalue weighted by molar-refractivity contribution is 6.32. The van der Waals surface area contributed by atoms with Gasteiger partial charge in [0.2, 0.25) is 5.95 Å². The monoisotopic (exact) mass is 244 g/mol. The first-order valence-electron chi connectivity index (χ1n) is 5.09. The van der Waals surface area contributed by atoms with E-state index in [1.807, 2.05) is 0 Å². The molecular formula is C9H17ClN6. The quantitative estimate of drug-likeness (QED) is 0.507. The standard InChI is InChI=1S/C9H17ClN6/c1-3-16(2)5-4-12-8-7(10)6-13-9(14-8)15-11/h6H,3-5,11H2,1-2H3,(H2,12,13,14,15). The molecule has 6 nitrogen and oxygen atoms in total. The Kier molecular flexibility index (Phi) is 5.24. The first-order chi connectivity index (χ1) is 7.67. The lowest BCUT2D eigenvalue weighted by Crippen LogP contribution is -2.25. The zero-order valence-corrected chi connectivity index (χ0v) is 10.3. The van der Waals surface area contributed by atoms with Gasteiger partial charge in [0, 0.05) is 13.1 Å². The summed E-state index contributed by atoms with van der Waals surface area (Å²) >= 11 is 5.93. The third kappa shape index (κ3) is 3.80. The minimum Gasteiger partial charge on any atom is -0.367 e. The summed E-state index contributed by atoms with van der Waals surface area (Å²) in [6, 6.07) is 0. The molecule has 0 aliphatic rings. The summed E-state index contributed by atoms with van der Waals surface area (Å²) in [6.45, 7) is 4.80. The normalized spacial score (nSPS) is 10.6. The van der Waals surface area contributed by atoms with E-state index in [9.17, 15) is 0 Å². The van der Waals surface area contributed by atoms with Gasteiger partial charge >= 0.3 is 0 Å². The van der Waals surface area contributed by atoms with Crippen molar-refractivity contribution >= 4 is 23.4 Å². The van der Waals surface area contributed by atoms with Gasteiger partial charge in [-0.25, -0.2) is 10.8 Å². The fraction of sp³-hybridized carbons (Fsp3) is 0.556. The average Bonchev–Trinajstić information content (AvgIpc) is 2.31. The van der Waals surface area contributed by atoms with E-state index in [2.05, 4.69) is 39.6 Å². The van der Waals surface area contributed by atoms with Crippen LogP contribution >= 0.6 is 11.6 Å². The highest BCUT2D eigenvalue weighted by atomic mass is 35.5. The summed E-state index contributed by atoms with van der Waals surface area (Å²) in [5.74, 6) is 6.15. The number of nitrogen functional groups attached to an aromatic ring is 1. The van der Waals surface area contributed by atoms with Crippen molar-refractivity contribution < 1.29 is 0 Å². The molecule has 4 N–H and O–H groups in total. The molecule has 7 heteroatoms. The maximum absolute atomic E-state index is 5.93. The molecule has 0 radical (unpaired) electrons. The van der Waals surface area contributed by atoms with E-state index >= 15 is 0 Å². The van der Waals surface area contributed by atoms with Crippen LogP contribution in [0.2, 0.25) is 5.02 Å². The predicted molar refractivity (Wildman–Crippen MR) is 66.5 cm³/mol. The first-order valence-corrected chi connectivity index (χ1v) is 5.46. The third-order valence-corrected chi connectivity index (χ3v) is 2.48. The largest absolute Gasteiger partial charge is 0.367 e. The molecule has 0 fully saturated rings. The minimum atomic E-state index is 0.343. The van der Waals surface area contributed by atoms with Gasteiger partial charge in [0.15, 0.2) is 5.82 Å². The van der Waals surface area contributed by atoms with Gasteiger partial charge in [-0.05, 0) is 13.6 Å². The number of nitrogens with two attached hydrogens (primary N) is 1. The molecule has 16 heavy (non-hydrogen) atoms. The fourth-order valence-corrected chi connectivity index (χ4v) is 1.24. The Hall–Kier alpha value is -1.11. The van der Waals surface area contributed by atoms with E-state index in [1.165, 1.54) is 6.20 Å². The Morgan fingerprint density at radius 3 is 2.94 bits per heavy atom. The molecule has 1 aromatic rings. The van der Waals surface area contributed by atoms with Crippen LogP contribution in [0.5, 0.6) is 0 Å². The Balaban J connectivity index is 2.52. The summed E-state index contributed by atoms with van der Waals surface area (Å²) in [5, 5.41) is 3.62. The van der Waals surface area contributed by atoms with Gasteiger partial charge in [-0.3, -0.25) is 5.43 Å². The van der Waals surface area contributed by atoms with Gasteiger partial charge in [-0.1, -0.05) is 18.5 Å². The number of hydrogen-bond donors (Lipinski definition) is 3. The highest BCUT2D eigenvalue weighted by Crippen LogP contribution is 2.18. The van der Waals surface area contributed by atoms with Crippen LogP contribution in [0.25, 0.3) is 0 Å². The number of nitrogens with one attached hydrogen (secondary N) is 2.